The third kappa shape index (κ3) is 5.08. The van der Waals surface area contributed by atoms with Gasteiger partial charge >= 0.3 is 0 Å². The van der Waals surface area contributed by atoms with E-state index in [-0.39, 0.29) is 24.5 Å². The zero-order valence-electron chi connectivity index (χ0n) is 17.9. The maximum Gasteiger partial charge on any atom is 0.254 e. The van der Waals surface area contributed by atoms with Gasteiger partial charge in [-0.1, -0.05) is 43.7 Å². The van der Waals surface area contributed by atoms with Crippen LogP contribution in [0.4, 0.5) is 0 Å². The lowest BCUT2D eigenvalue weighted by molar-refractivity contribution is 0.0623. The van der Waals surface area contributed by atoms with Crippen LogP contribution >= 0.6 is 0 Å². The summed E-state index contributed by atoms with van der Waals surface area (Å²) in [6.45, 7) is 4.59. The third-order valence-electron chi connectivity index (χ3n) is 6.31. The number of nitrogens with zero attached hydrogens (tertiary/aromatic N) is 3. The average molecular weight is 406 g/mol. The number of amides is 1. The molecule has 2 aromatic rings. The van der Waals surface area contributed by atoms with E-state index in [1.54, 1.807) is 24.3 Å². The predicted octanol–water partition coefficient (Wildman–Crippen LogP) is 3.19. The van der Waals surface area contributed by atoms with Crippen LogP contribution in [0, 0.1) is 23.2 Å². The number of carbonyl (C=O) groups is 1. The van der Waals surface area contributed by atoms with Crippen LogP contribution in [0.15, 0.2) is 54.6 Å². The number of aliphatic hydroxyl groups excluding tert-OH is 1. The molecule has 3 atom stereocenters. The summed E-state index contributed by atoms with van der Waals surface area (Å²) < 4.78 is 0. The fourth-order valence-corrected chi connectivity index (χ4v) is 4.51. The van der Waals surface area contributed by atoms with Crippen LogP contribution in [0.1, 0.15) is 34.8 Å². The molecule has 0 radical (unpaired) electrons. The molecule has 1 heterocycles. The standard InChI is InChI=1S/C25H31N3O2/c1-3-21-16-28(25(30)22-11-9-20(15-26)10-12-22)24(18-29)23(21)17-27(2)14-13-19-7-5-4-6-8-19/h4-12,21,23-24,29H,3,13-14,16-18H2,1-2H3/t21-,23-,24-/m1/s1. The molecule has 0 unspecified atom stereocenters. The van der Waals surface area contributed by atoms with Crippen molar-refractivity contribution < 1.29 is 9.90 Å². The summed E-state index contributed by atoms with van der Waals surface area (Å²) in [5, 5.41) is 19.1. The molecule has 1 fully saturated rings. The molecule has 0 aliphatic carbocycles. The molecule has 0 spiro atoms. The number of nitriles is 1. The number of rotatable bonds is 8. The van der Waals surface area contributed by atoms with Crippen molar-refractivity contribution in [1.29, 1.82) is 5.26 Å². The molecule has 1 aliphatic rings. The summed E-state index contributed by atoms with van der Waals surface area (Å²) in [4.78, 5) is 17.3. The SMILES string of the molecule is CC[C@@H]1CN(C(=O)c2ccc(C#N)cc2)[C@H](CO)[C@@H]1CN(C)CCc1ccccc1. The minimum absolute atomic E-state index is 0.0320. The molecule has 30 heavy (non-hydrogen) atoms. The van der Waals surface area contributed by atoms with Gasteiger partial charge in [0, 0.05) is 25.2 Å². The van der Waals surface area contributed by atoms with Gasteiger partial charge in [0.1, 0.15) is 0 Å². The third-order valence-corrected chi connectivity index (χ3v) is 6.31. The summed E-state index contributed by atoms with van der Waals surface area (Å²) in [6, 6.07) is 19.1. The van der Waals surface area contributed by atoms with Gasteiger partial charge in [0.25, 0.3) is 5.91 Å². The van der Waals surface area contributed by atoms with Crippen LogP contribution in [-0.4, -0.2) is 60.1 Å². The number of aliphatic hydroxyl groups is 1. The van der Waals surface area contributed by atoms with Crippen molar-refractivity contribution >= 4 is 5.91 Å². The smallest absolute Gasteiger partial charge is 0.254 e. The Morgan fingerprint density at radius 3 is 2.50 bits per heavy atom. The van der Waals surface area contributed by atoms with Gasteiger partial charge in [0.05, 0.1) is 24.3 Å². The van der Waals surface area contributed by atoms with Crippen molar-refractivity contribution in [3.05, 3.63) is 71.3 Å². The number of hydrogen-bond acceptors (Lipinski definition) is 4. The fraction of sp³-hybridized carbons (Fsp3) is 0.440. The zero-order valence-corrected chi connectivity index (χ0v) is 17.9. The van der Waals surface area contributed by atoms with E-state index in [9.17, 15) is 9.90 Å². The first-order valence-corrected chi connectivity index (χ1v) is 10.7. The van der Waals surface area contributed by atoms with Crippen LogP contribution in [0.25, 0.3) is 0 Å². The summed E-state index contributed by atoms with van der Waals surface area (Å²) in [6.07, 6.45) is 1.96. The highest BCUT2D eigenvalue weighted by molar-refractivity contribution is 5.94. The number of likely N-dealkylation sites (N-methyl/N-ethyl adjacent to an activating group) is 1. The minimum atomic E-state index is -0.183. The zero-order chi connectivity index (χ0) is 21.5. The molecule has 0 aromatic heterocycles. The van der Waals surface area contributed by atoms with Crippen molar-refractivity contribution in [1.82, 2.24) is 9.80 Å². The maximum absolute atomic E-state index is 13.1. The van der Waals surface area contributed by atoms with E-state index in [1.165, 1.54) is 5.56 Å². The minimum Gasteiger partial charge on any atom is -0.394 e. The van der Waals surface area contributed by atoms with E-state index in [4.69, 9.17) is 5.26 Å². The molecule has 1 N–H and O–H groups in total. The maximum atomic E-state index is 13.1. The molecule has 2 aromatic carbocycles. The van der Waals surface area contributed by atoms with E-state index in [0.29, 0.717) is 23.6 Å². The van der Waals surface area contributed by atoms with Crippen molar-refractivity contribution in [3.8, 4) is 6.07 Å². The quantitative estimate of drug-likeness (QED) is 0.732. The molecular weight excluding hydrogens is 374 g/mol. The summed E-state index contributed by atoms with van der Waals surface area (Å²) in [5.74, 6) is 0.540. The topological polar surface area (TPSA) is 67.6 Å². The highest BCUT2D eigenvalue weighted by Crippen LogP contribution is 2.33. The first-order chi connectivity index (χ1) is 14.6. The Balaban J connectivity index is 1.67. The van der Waals surface area contributed by atoms with Gasteiger partial charge in [-0.2, -0.15) is 5.26 Å². The number of likely N-dealkylation sites (tertiary alicyclic amines) is 1. The highest BCUT2D eigenvalue weighted by atomic mass is 16.3. The lowest BCUT2D eigenvalue weighted by atomic mass is 9.88. The van der Waals surface area contributed by atoms with Gasteiger partial charge in [-0.15, -0.1) is 0 Å². The molecular formula is C25H31N3O2. The molecule has 3 rings (SSSR count). The largest absolute Gasteiger partial charge is 0.394 e. The van der Waals surface area contributed by atoms with E-state index in [0.717, 1.165) is 25.9 Å². The lowest BCUT2D eigenvalue weighted by Gasteiger charge is -2.30. The number of benzene rings is 2. The molecule has 5 nitrogen and oxygen atoms in total. The molecule has 1 aliphatic heterocycles. The van der Waals surface area contributed by atoms with Crippen LogP contribution < -0.4 is 0 Å². The summed E-state index contributed by atoms with van der Waals surface area (Å²) in [5.41, 5.74) is 2.43. The second-order valence-electron chi connectivity index (χ2n) is 8.23. The Bertz CT molecular complexity index is 860. The Morgan fingerprint density at radius 1 is 1.20 bits per heavy atom. The summed E-state index contributed by atoms with van der Waals surface area (Å²) >= 11 is 0. The van der Waals surface area contributed by atoms with E-state index in [2.05, 4.69) is 49.2 Å². The van der Waals surface area contributed by atoms with Gasteiger partial charge in [-0.25, -0.2) is 0 Å². The number of carbonyl (C=O) groups excluding carboxylic acids is 1. The van der Waals surface area contributed by atoms with Crippen LogP contribution in [0.3, 0.4) is 0 Å². The molecule has 1 saturated heterocycles. The monoisotopic (exact) mass is 405 g/mol. The van der Waals surface area contributed by atoms with Crippen molar-refractivity contribution in [2.75, 3.05) is 33.3 Å². The molecule has 158 valence electrons. The van der Waals surface area contributed by atoms with Gasteiger partial charge in [0.2, 0.25) is 0 Å². The molecule has 1 amide bonds. The first kappa shape index (κ1) is 22.0. The Kier molecular flexibility index (Phi) is 7.62. The van der Waals surface area contributed by atoms with Gasteiger partial charge < -0.3 is 14.9 Å². The second-order valence-corrected chi connectivity index (χ2v) is 8.23. The average Bonchev–Trinajstić information content (AvgIpc) is 3.15. The lowest BCUT2D eigenvalue weighted by Crippen LogP contribution is -2.43. The van der Waals surface area contributed by atoms with Crippen LogP contribution in [0.5, 0.6) is 0 Å². The normalized spacial score (nSPS) is 21.0. The molecule has 0 saturated carbocycles. The first-order valence-electron chi connectivity index (χ1n) is 10.7. The predicted molar refractivity (Wildman–Crippen MR) is 118 cm³/mol. The van der Waals surface area contributed by atoms with Gasteiger partial charge in [0.15, 0.2) is 0 Å². The van der Waals surface area contributed by atoms with Gasteiger partial charge in [-0.3, -0.25) is 4.79 Å². The van der Waals surface area contributed by atoms with Crippen LogP contribution in [-0.2, 0) is 6.42 Å². The Labute approximate surface area is 179 Å². The van der Waals surface area contributed by atoms with Crippen molar-refractivity contribution in [2.45, 2.75) is 25.8 Å². The summed E-state index contributed by atoms with van der Waals surface area (Å²) in [7, 11) is 2.12. The molecule has 0 bridgehead atoms. The Morgan fingerprint density at radius 2 is 1.90 bits per heavy atom. The number of hydrogen-bond donors (Lipinski definition) is 1. The van der Waals surface area contributed by atoms with E-state index < -0.39 is 0 Å². The van der Waals surface area contributed by atoms with Gasteiger partial charge in [-0.05, 0) is 55.1 Å². The fourth-order valence-electron chi connectivity index (χ4n) is 4.51. The van der Waals surface area contributed by atoms with E-state index >= 15 is 0 Å². The van der Waals surface area contributed by atoms with E-state index in [1.807, 2.05) is 11.0 Å². The molecule has 5 heteroatoms. The Hall–Kier alpha value is -2.68. The van der Waals surface area contributed by atoms with Crippen molar-refractivity contribution in [2.24, 2.45) is 11.8 Å². The van der Waals surface area contributed by atoms with Crippen LogP contribution in [0.2, 0.25) is 0 Å². The highest BCUT2D eigenvalue weighted by Gasteiger charge is 2.43. The van der Waals surface area contributed by atoms with Crippen molar-refractivity contribution in [3.63, 3.8) is 0 Å². The second kappa shape index (κ2) is 10.4.